The quantitative estimate of drug-likeness (QED) is 0.828. The molecule has 1 N–H and O–H groups in total. The van der Waals surface area contributed by atoms with Gasteiger partial charge in [0, 0.05) is 47.5 Å². The summed E-state index contributed by atoms with van der Waals surface area (Å²) in [7, 11) is -0.870. The van der Waals surface area contributed by atoms with Crippen LogP contribution in [0.1, 0.15) is 5.56 Å². The molecule has 0 radical (unpaired) electrons. The number of anilines is 1. The number of urea groups is 1. The van der Waals surface area contributed by atoms with Gasteiger partial charge >= 0.3 is 12.0 Å². The number of carbonyl (C=O) groups is 2. The van der Waals surface area contributed by atoms with Crippen LogP contribution in [0, 0.1) is 0 Å². The van der Waals surface area contributed by atoms with Crippen molar-refractivity contribution in [3.8, 4) is 0 Å². The van der Waals surface area contributed by atoms with Gasteiger partial charge in [0.1, 0.15) is 6.04 Å². The van der Waals surface area contributed by atoms with Gasteiger partial charge in [0.2, 0.25) is 0 Å². The second-order valence-electron chi connectivity index (χ2n) is 5.17. The van der Waals surface area contributed by atoms with Gasteiger partial charge in [0.15, 0.2) is 0 Å². The first kappa shape index (κ1) is 14.1. The minimum atomic E-state index is -1.000. The van der Waals surface area contributed by atoms with E-state index in [1.807, 2.05) is 12.1 Å². The fraction of sp³-hybridized carbons (Fsp3) is 0.429. The van der Waals surface area contributed by atoms with Gasteiger partial charge in [-0.1, -0.05) is 18.2 Å². The highest BCUT2D eigenvalue weighted by Crippen LogP contribution is 2.33. The van der Waals surface area contributed by atoms with E-state index < -0.39 is 22.8 Å². The molecule has 0 aliphatic carbocycles. The van der Waals surface area contributed by atoms with Crippen LogP contribution >= 0.6 is 0 Å². The monoisotopic (exact) mass is 308 g/mol. The van der Waals surface area contributed by atoms with Gasteiger partial charge in [-0.2, -0.15) is 0 Å². The van der Waals surface area contributed by atoms with Crippen LogP contribution in [-0.4, -0.2) is 56.9 Å². The average molecular weight is 308 g/mol. The summed E-state index contributed by atoms with van der Waals surface area (Å²) in [6.45, 7) is 0.826. The van der Waals surface area contributed by atoms with Gasteiger partial charge in [0.25, 0.3) is 0 Å². The summed E-state index contributed by atoms with van der Waals surface area (Å²) in [5.41, 5.74) is 1.54. The Balaban J connectivity index is 1.89. The first-order chi connectivity index (χ1) is 10.1. The van der Waals surface area contributed by atoms with E-state index in [0.29, 0.717) is 36.7 Å². The molecular formula is C14H16N2O4S. The molecule has 1 aromatic carbocycles. The molecule has 0 unspecified atom stereocenters. The standard InChI is InChI=1S/C14H16N2O4S/c17-13(18)12-9-10-3-1-2-4-11(10)16(12)14(19)15-5-7-21(20)8-6-15/h1-4,12H,5-9H2,(H,17,18)/t12-/m0/s1. The van der Waals surface area contributed by atoms with E-state index in [1.165, 1.54) is 4.90 Å². The summed E-state index contributed by atoms with van der Waals surface area (Å²) in [6, 6.07) is 6.11. The fourth-order valence-corrected chi connectivity index (χ4v) is 3.85. The number of carbonyl (C=O) groups excluding carboxylic acids is 1. The van der Waals surface area contributed by atoms with Crippen molar-refractivity contribution < 1.29 is 18.9 Å². The Bertz CT molecular complexity index is 609. The second-order valence-corrected chi connectivity index (χ2v) is 6.87. The van der Waals surface area contributed by atoms with Crippen LogP contribution < -0.4 is 4.90 Å². The summed E-state index contributed by atoms with van der Waals surface area (Å²) in [5.74, 6) is -0.0853. The van der Waals surface area contributed by atoms with Crippen molar-refractivity contribution in [1.29, 1.82) is 0 Å². The third-order valence-electron chi connectivity index (χ3n) is 3.92. The molecule has 1 atom stereocenters. The van der Waals surface area contributed by atoms with E-state index in [9.17, 15) is 18.9 Å². The van der Waals surface area contributed by atoms with Gasteiger partial charge in [-0.25, -0.2) is 9.59 Å². The van der Waals surface area contributed by atoms with Crippen LogP contribution in [-0.2, 0) is 22.0 Å². The third kappa shape index (κ3) is 2.53. The minimum absolute atomic E-state index is 0.302. The Hall–Kier alpha value is -1.89. The Labute approximate surface area is 124 Å². The highest BCUT2D eigenvalue weighted by Gasteiger charge is 2.40. The first-order valence-corrected chi connectivity index (χ1v) is 8.30. The molecule has 7 heteroatoms. The first-order valence-electron chi connectivity index (χ1n) is 6.82. The maximum Gasteiger partial charge on any atom is 0.327 e. The highest BCUT2D eigenvalue weighted by atomic mass is 32.2. The van der Waals surface area contributed by atoms with Crippen LogP contribution in [0.2, 0.25) is 0 Å². The molecule has 2 aliphatic heterocycles. The zero-order chi connectivity index (χ0) is 15.0. The number of benzene rings is 1. The summed E-state index contributed by atoms with van der Waals surface area (Å²) in [5, 5.41) is 9.38. The second kappa shape index (κ2) is 5.48. The largest absolute Gasteiger partial charge is 0.480 e. The Morgan fingerprint density at radius 2 is 1.86 bits per heavy atom. The summed E-state index contributed by atoms with van der Waals surface area (Å²) in [4.78, 5) is 27.1. The molecule has 0 spiro atoms. The van der Waals surface area contributed by atoms with Crippen LogP contribution in [0.15, 0.2) is 24.3 Å². The molecule has 2 amide bonds. The fourth-order valence-electron chi connectivity index (χ4n) is 2.80. The maximum atomic E-state index is 12.7. The van der Waals surface area contributed by atoms with Crippen molar-refractivity contribution in [2.24, 2.45) is 0 Å². The molecule has 1 aromatic rings. The molecule has 21 heavy (non-hydrogen) atoms. The number of carboxylic acid groups (broad SMARTS) is 1. The lowest BCUT2D eigenvalue weighted by molar-refractivity contribution is -0.138. The number of hydrogen-bond donors (Lipinski definition) is 1. The van der Waals surface area contributed by atoms with Crippen molar-refractivity contribution in [2.75, 3.05) is 29.5 Å². The van der Waals surface area contributed by atoms with Crippen molar-refractivity contribution in [3.63, 3.8) is 0 Å². The van der Waals surface area contributed by atoms with Gasteiger partial charge < -0.3 is 10.0 Å². The number of amides is 2. The van der Waals surface area contributed by atoms with Crippen molar-refractivity contribution in [1.82, 2.24) is 4.90 Å². The minimum Gasteiger partial charge on any atom is -0.480 e. The number of para-hydroxylation sites is 1. The van der Waals surface area contributed by atoms with Gasteiger partial charge in [-0.15, -0.1) is 0 Å². The topological polar surface area (TPSA) is 77.9 Å². The number of rotatable bonds is 1. The summed E-state index contributed by atoms with van der Waals surface area (Å²) < 4.78 is 11.4. The average Bonchev–Trinajstić information content (AvgIpc) is 2.87. The third-order valence-corrected chi connectivity index (χ3v) is 5.19. The molecule has 1 saturated heterocycles. The molecule has 3 rings (SSSR count). The molecule has 6 nitrogen and oxygen atoms in total. The zero-order valence-corrected chi connectivity index (χ0v) is 12.2. The van der Waals surface area contributed by atoms with Crippen LogP contribution in [0.4, 0.5) is 10.5 Å². The molecule has 0 saturated carbocycles. The Morgan fingerprint density at radius 3 is 2.52 bits per heavy atom. The van der Waals surface area contributed by atoms with Crippen LogP contribution in [0.3, 0.4) is 0 Å². The van der Waals surface area contributed by atoms with Crippen LogP contribution in [0.5, 0.6) is 0 Å². The number of carboxylic acids is 1. The molecule has 2 heterocycles. The lowest BCUT2D eigenvalue weighted by Gasteiger charge is -2.32. The molecule has 2 aliphatic rings. The zero-order valence-electron chi connectivity index (χ0n) is 11.4. The Morgan fingerprint density at radius 1 is 1.19 bits per heavy atom. The molecular weight excluding hydrogens is 292 g/mol. The van der Waals surface area contributed by atoms with Crippen molar-refractivity contribution >= 4 is 28.5 Å². The van der Waals surface area contributed by atoms with Gasteiger partial charge in [0.05, 0.1) is 0 Å². The van der Waals surface area contributed by atoms with E-state index >= 15 is 0 Å². The summed E-state index contributed by atoms with van der Waals surface area (Å²) in [6.07, 6.45) is 0.330. The highest BCUT2D eigenvalue weighted by molar-refractivity contribution is 7.85. The van der Waals surface area contributed by atoms with Gasteiger partial charge in [-0.3, -0.25) is 9.11 Å². The van der Waals surface area contributed by atoms with E-state index in [1.54, 1.807) is 17.0 Å². The number of fused-ring (bicyclic) bond motifs is 1. The van der Waals surface area contributed by atoms with E-state index in [2.05, 4.69) is 0 Å². The van der Waals surface area contributed by atoms with E-state index in [-0.39, 0.29) is 6.03 Å². The number of aliphatic carboxylic acids is 1. The maximum absolute atomic E-state index is 12.7. The lowest BCUT2D eigenvalue weighted by Crippen LogP contribution is -2.53. The van der Waals surface area contributed by atoms with Crippen molar-refractivity contribution in [2.45, 2.75) is 12.5 Å². The predicted octanol–water partition coefficient (Wildman–Crippen LogP) is 0.687. The Kier molecular flexibility index (Phi) is 3.67. The molecule has 112 valence electrons. The number of nitrogens with zero attached hydrogens (tertiary/aromatic N) is 2. The van der Waals surface area contributed by atoms with E-state index in [0.717, 1.165) is 5.56 Å². The summed E-state index contributed by atoms with van der Waals surface area (Å²) >= 11 is 0. The van der Waals surface area contributed by atoms with Gasteiger partial charge in [-0.05, 0) is 11.6 Å². The smallest absolute Gasteiger partial charge is 0.327 e. The molecule has 0 bridgehead atoms. The van der Waals surface area contributed by atoms with Crippen molar-refractivity contribution in [3.05, 3.63) is 29.8 Å². The lowest BCUT2D eigenvalue weighted by atomic mass is 10.1. The molecule has 1 fully saturated rings. The normalized spacial score (nSPS) is 22.2. The SMILES string of the molecule is O=C(O)[C@@H]1Cc2ccccc2N1C(=O)N1CCS(=O)CC1. The number of hydrogen-bond acceptors (Lipinski definition) is 3. The van der Waals surface area contributed by atoms with E-state index in [4.69, 9.17) is 0 Å². The predicted molar refractivity (Wildman–Crippen MR) is 78.9 cm³/mol. The van der Waals surface area contributed by atoms with Crippen LogP contribution in [0.25, 0.3) is 0 Å². The molecule has 0 aromatic heterocycles.